The van der Waals surface area contributed by atoms with Gasteiger partial charge in [0, 0.05) is 32.8 Å². The SMILES string of the molecule is [2H]c1c([2H])c([2H])c2c3c([nH]c2c1[2H])C(c1ccc2c(c1)OCO2)N1C(=O)C([2H])([2H])N(C)C(=O)[C@@]1([2H])C3([2H])[2H]. The minimum Gasteiger partial charge on any atom is -0.454 e. The third-order valence-corrected chi connectivity index (χ3v) is 5.18. The number of rotatable bonds is 1. The van der Waals surface area contributed by atoms with E-state index in [4.69, 9.17) is 20.4 Å². The summed E-state index contributed by atoms with van der Waals surface area (Å²) in [5.74, 6) is -2.03. The van der Waals surface area contributed by atoms with Gasteiger partial charge in [0.15, 0.2) is 11.5 Å². The van der Waals surface area contributed by atoms with Gasteiger partial charge in [0.2, 0.25) is 18.6 Å². The number of nitrogens with one attached hydrogen (secondary N) is 1. The van der Waals surface area contributed by atoms with Gasteiger partial charge in [0.1, 0.15) is 6.02 Å². The molecule has 29 heavy (non-hydrogen) atoms. The number of nitrogens with zero attached hydrogens (tertiary/aromatic N) is 2. The molecule has 1 saturated heterocycles. The predicted molar refractivity (Wildman–Crippen MR) is 105 cm³/mol. The Kier molecular flexibility index (Phi) is 1.95. The average Bonchev–Trinajstić information content (AvgIpc) is 3.51. The fraction of sp³-hybridized carbons (Fsp3) is 0.273. The van der Waals surface area contributed by atoms with Crippen molar-refractivity contribution in [1.82, 2.24) is 14.8 Å². The van der Waals surface area contributed by atoms with Crippen molar-refractivity contribution in [2.45, 2.75) is 18.4 Å². The number of likely N-dealkylation sites (N-methyl/N-ethyl adjacent to an activating group) is 1. The third kappa shape index (κ3) is 2.24. The lowest BCUT2D eigenvalue weighted by molar-refractivity contribution is -0.157. The number of benzene rings is 2. The molecule has 2 atom stereocenters. The van der Waals surface area contributed by atoms with Crippen LogP contribution in [0.4, 0.5) is 0 Å². The maximum absolute atomic E-state index is 13.7. The van der Waals surface area contributed by atoms with Gasteiger partial charge in [-0.3, -0.25) is 9.59 Å². The number of piperazine rings is 1. The lowest BCUT2D eigenvalue weighted by Gasteiger charge is -2.46. The summed E-state index contributed by atoms with van der Waals surface area (Å²) in [7, 11) is 0.969. The molecule has 2 amide bonds. The van der Waals surface area contributed by atoms with Crippen LogP contribution < -0.4 is 9.47 Å². The number of carbonyl (C=O) groups is 2. The van der Waals surface area contributed by atoms with Crippen molar-refractivity contribution in [2.24, 2.45) is 0 Å². The van der Waals surface area contributed by atoms with Gasteiger partial charge < -0.3 is 24.3 Å². The molecule has 3 aliphatic rings. The van der Waals surface area contributed by atoms with Crippen LogP contribution in [0.15, 0.2) is 42.4 Å². The molecule has 4 heterocycles. The summed E-state index contributed by atoms with van der Waals surface area (Å²) >= 11 is 0. The number of amides is 2. The summed E-state index contributed by atoms with van der Waals surface area (Å²) in [4.78, 5) is 31.1. The van der Waals surface area contributed by atoms with Crippen LogP contribution in [-0.2, 0) is 16.0 Å². The second-order valence-corrected chi connectivity index (χ2v) is 6.80. The van der Waals surface area contributed by atoms with Crippen molar-refractivity contribution >= 4 is 22.7 Å². The second-order valence-electron chi connectivity index (χ2n) is 6.80. The first-order chi connectivity index (χ1) is 17.7. The molecule has 3 aromatic rings. The number of aromatic amines is 1. The molecule has 0 spiro atoms. The monoisotopic (exact) mass is 398 g/mol. The fourth-order valence-corrected chi connectivity index (χ4v) is 3.88. The molecule has 0 bridgehead atoms. The number of para-hydroxylation sites is 1. The first kappa shape index (κ1) is 9.82. The summed E-state index contributed by atoms with van der Waals surface area (Å²) in [5.41, 5.74) is -0.452. The molecule has 0 aliphatic carbocycles. The topological polar surface area (TPSA) is 74.9 Å². The Morgan fingerprint density at radius 3 is 2.97 bits per heavy atom. The van der Waals surface area contributed by atoms with Crippen molar-refractivity contribution in [3.8, 4) is 11.5 Å². The normalized spacial score (nSPS) is 33.3. The molecule has 1 fully saturated rings. The van der Waals surface area contributed by atoms with E-state index in [2.05, 4.69) is 4.98 Å². The van der Waals surface area contributed by atoms with E-state index in [1.54, 1.807) is 0 Å². The summed E-state index contributed by atoms with van der Waals surface area (Å²) in [6.45, 7) is -3.00. The zero-order valence-corrected chi connectivity index (χ0v) is 15.0. The first-order valence-corrected chi connectivity index (χ1v) is 8.81. The van der Waals surface area contributed by atoms with Crippen molar-refractivity contribution in [1.29, 1.82) is 0 Å². The number of fused-ring (bicyclic) bond motifs is 5. The molecule has 7 heteroatoms. The van der Waals surface area contributed by atoms with E-state index in [1.807, 2.05) is 0 Å². The average molecular weight is 398 g/mol. The molecule has 6 rings (SSSR count). The maximum atomic E-state index is 13.7. The quantitative estimate of drug-likeness (QED) is 0.682. The van der Waals surface area contributed by atoms with Gasteiger partial charge >= 0.3 is 0 Å². The van der Waals surface area contributed by atoms with Gasteiger partial charge in [0.05, 0.1) is 22.1 Å². The third-order valence-electron chi connectivity index (χ3n) is 5.18. The Labute approximate surface area is 179 Å². The highest BCUT2D eigenvalue weighted by molar-refractivity contribution is 5.97. The number of ether oxygens (including phenoxy) is 2. The van der Waals surface area contributed by atoms with Crippen LogP contribution in [0.1, 0.15) is 35.2 Å². The summed E-state index contributed by atoms with van der Waals surface area (Å²) in [6, 6.07) is -2.33. The Hall–Kier alpha value is -3.48. The second kappa shape index (κ2) is 5.76. The van der Waals surface area contributed by atoms with E-state index in [1.165, 1.54) is 18.2 Å². The zero-order valence-electron chi connectivity index (χ0n) is 24.0. The van der Waals surface area contributed by atoms with Gasteiger partial charge in [0.25, 0.3) is 0 Å². The van der Waals surface area contributed by atoms with Crippen LogP contribution in [-0.4, -0.2) is 53.0 Å². The number of aromatic nitrogens is 1. The summed E-state index contributed by atoms with van der Waals surface area (Å²) in [6.07, 6.45) is -3.04. The van der Waals surface area contributed by atoms with Crippen molar-refractivity contribution in [3.63, 3.8) is 0 Å². The van der Waals surface area contributed by atoms with Crippen molar-refractivity contribution < 1.29 is 31.4 Å². The molecule has 1 aromatic heterocycles. The Bertz CT molecular complexity index is 1610. The van der Waals surface area contributed by atoms with Crippen LogP contribution >= 0.6 is 0 Å². The molecule has 1 N–H and O–H groups in total. The van der Waals surface area contributed by atoms with Crippen molar-refractivity contribution in [2.75, 3.05) is 20.3 Å². The molecule has 3 aliphatic heterocycles. The van der Waals surface area contributed by atoms with Gasteiger partial charge in [-0.2, -0.15) is 0 Å². The van der Waals surface area contributed by atoms with Crippen LogP contribution in [0, 0.1) is 0 Å². The Morgan fingerprint density at radius 1 is 1.24 bits per heavy atom. The summed E-state index contributed by atoms with van der Waals surface area (Å²) < 4.78 is 87.8. The van der Waals surface area contributed by atoms with Crippen LogP contribution in [0.3, 0.4) is 0 Å². The molecule has 0 radical (unpaired) electrons. The van der Waals surface area contributed by atoms with Crippen LogP contribution in [0.25, 0.3) is 10.9 Å². The highest BCUT2D eigenvalue weighted by atomic mass is 16.7. The van der Waals surface area contributed by atoms with Gasteiger partial charge in [-0.1, -0.05) is 24.2 Å². The molecule has 1 unspecified atom stereocenters. The highest BCUT2D eigenvalue weighted by Gasteiger charge is 2.47. The molecule has 2 aromatic carbocycles. The zero-order chi connectivity index (χ0) is 27.7. The lowest BCUT2D eigenvalue weighted by atomic mass is 9.86. The number of H-pyrrole nitrogens is 1. The van der Waals surface area contributed by atoms with Crippen LogP contribution in [0.5, 0.6) is 11.5 Å². The standard InChI is InChI=1S/C22H19N3O4/c1-24-10-19(26)25-16(22(24)27)9-14-13-4-2-3-5-15(13)23-20(14)21(25)12-6-7-17-18(8-12)29-11-28-17/h2-8,16,21,23H,9-11H2,1H3/t16-,21?/m1/s1/i2D,3D,4D,5D,9D2,10D2,16D. The Balaban J connectivity index is 1.78. The maximum Gasteiger partial charge on any atom is 0.245 e. The predicted octanol–water partition coefficient (Wildman–Crippen LogP) is 2.21. The van der Waals surface area contributed by atoms with E-state index in [0.717, 1.165) is 7.05 Å². The molecule has 0 saturated carbocycles. The largest absolute Gasteiger partial charge is 0.454 e. The van der Waals surface area contributed by atoms with E-state index in [-0.39, 0.29) is 40.3 Å². The van der Waals surface area contributed by atoms with E-state index in [0.29, 0.717) is 15.5 Å². The molecular weight excluding hydrogens is 370 g/mol. The minimum absolute atomic E-state index is 0.0799. The summed E-state index contributed by atoms with van der Waals surface area (Å²) in [5, 5.41) is -0.260. The fourth-order valence-electron chi connectivity index (χ4n) is 3.88. The minimum atomic E-state index is -3.04. The van der Waals surface area contributed by atoms with Gasteiger partial charge in [-0.05, 0) is 29.3 Å². The first-order valence-electron chi connectivity index (χ1n) is 13.3. The molecular formula is C22H19N3O4. The van der Waals surface area contributed by atoms with E-state index in [9.17, 15) is 11.0 Å². The Morgan fingerprint density at radius 2 is 2.07 bits per heavy atom. The molecule has 7 nitrogen and oxygen atoms in total. The van der Waals surface area contributed by atoms with E-state index >= 15 is 0 Å². The number of hydrogen-bond acceptors (Lipinski definition) is 4. The van der Waals surface area contributed by atoms with Crippen LogP contribution in [0.2, 0.25) is 0 Å². The van der Waals surface area contributed by atoms with Crippen molar-refractivity contribution in [3.05, 3.63) is 59.2 Å². The molecule has 146 valence electrons. The van der Waals surface area contributed by atoms with Gasteiger partial charge in [-0.15, -0.1) is 0 Å². The lowest BCUT2D eigenvalue weighted by Crippen LogP contribution is -2.62. The highest BCUT2D eigenvalue weighted by Crippen LogP contribution is 2.44. The number of carbonyl (C=O) groups excluding carboxylic acids is 2. The smallest absolute Gasteiger partial charge is 0.245 e. The van der Waals surface area contributed by atoms with Gasteiger partial charge in [-0.25, -0.2) is 0 Å². The van der Waals surface area contributed by atoms with E-state index < -0.39 is 60.9 Å². The number of hydrogen-bond donors (Lipinski definition) is 1.